The van der Waals surface area contributed by atoms with E-state index in [2.05, 4.69) is 39.6 Å². The molecule has 0 bridgehead atoms. The summed E-state index contributed by atoms with van der Waals surface area (Å²) in [5.74, 6) is 2.63. The van der Waals surface area contributed by atoms with E-state index in [1.54, 1.807) is 11.0 Å². The smallest absolute Gasteiger partial charge is 0.191 e. The third-order valence-corrected chi connectivity index (χ3v) is 4.23. The van der Waals surface area contributed by atoms with Gasteiger partial charge < -0.3 is 10.6 Å². The van der Waals surface area contributed by atoms with Crippen molar-refractivity contribution in [3.05, 3.63) is 12.2 Å². The summed E-state index contributed by atoms with van der Waals surface area (Å²) in [5, 5.41) is 11.0. The van der Waals surface area contributed by atoms with E-state index in [0.29, 0.717) is 12.6 Å². The van der Waals surface area contributed by atoms with Crippen LogP contribution in [0.1, 0.15) is 51.8 Å². The number of rotatable bonds is 5. The molecule has 118 valence electrons. The number of aromatic nitrogens is 3. The number of hydrogen-bond acceptors (Lipinski definition) is 3. The van der Waals surface area contributed by atoms with Crippen LogP contribution < -0.4 is 10.6 Å². The Bertz CT molecular complexity index is 453. The van der Waals surface area contributed by atoms with Crippen molar-refractivity contribution in [3.63, 3.8) is 0 Å². The highest BCUT2D eigenvalue weighted by atomic mass is 15.3. The third kappa shape index (κ3) is 4.72. The van der Waals surface area contributed by atoms with Gasteiger partial charge in [0.25, 0.3) is 0 Å². The van der Waals surface area contributed by atoms with E-state index >= 15 is 0 Å². The first-order valence-electron chi connectivity index (χ1n) is 8.10. The van der Waals surface area contributed by atoms with Gasteiger partial charge in [0.05, 0.1) is 0 Å². The van der Waals surface area contributed by atoms with Crippen LogP contribution in [-0.2, 0) is 13.6 Å². The van der Waals surface area contributed by atoms with Gasteiger partial charge in [-0.1, -0.05) is 26.2 Å². The summed E-state index contributed by atoms with van der Waals surface area (Å²) >= 11 is 0. The first-order valence-corrected chi connectivity index (χ1v) is 8.10. The van der Waals surface area contributed by atoms with Gasteiger partial charge in [0.2, 0.25) is 0 Å². The maximum atomic E-state index is 4.63. The lowest BCUT2D eigenvalue weighted by molar-refractivity contribution is 0.298. The fourth-order valence-electron chi connectivity index (χ4n) is 2.92. The monoisotopic (exact) mass is 292 g/mol. The molecular formula is C15H28N6. The second-order valence-corrected chi connectivity index (χ2v) is 5.78. The van der Waals surface area contributed by atoms with Crippen LogP contribution in [-0.4, -0.2) is 33.3 Å². The van der Waals surface area contributed by atoms with Gasteiger partial charge in [0, 0.05) is 19.6 Å². The van der Waals surface area contributed by atoms with Gasteiger partial charge in [-0.25, -0.2) is 9.98 Å². The van der Waals surface area contributed by atoms with Gasteiger partial charge in [0.1, 0.15) is 18.7 Å². The zero-order chi connectivity index (χ0) is 15.1. The van der Waals surface area contributed by atoms with Crippen molar-refractivity contribution in [3.8, 4) is 0 Å². The molecule has 1 aliphatic rings. The maximum Gasteiger partial charge on any atom is 0.191 e. The van der Waals surface area contributed by atoms with Gasteiger partial charge in [-0.3, -0.25) is 4.68 Å². The molecule has 2 atom stereocenters. The van der Waals surface area contributed by atoms with E-state index in [1.165, 1.54) is 32.1 Å². The number of nitrogens with one attached hydrogen (secondary N) is 2. The predicted molar refractivity (Wildman–Crippen MR) is 85.0 cm³/mol. The molecule has 0 aliphatic heterocycles. The molecule has 6 heteroatoms. The number of nitrogens with zero attached hydrogens (tertiary/aromatic N) is 4. The van der Waals surface area contributed by atoms with Crippen molar-refractivity contribution >= 4 is 5.96 Å². The van der Waals surface area contributed by atoms with Crippen LogP contribution in [0.2, 0.25) is 0 Å². The summed E-state index contributed by atoms with van der Waals surface area (Å²) in [6.45, 7) is 5.81. The SMILES string of the molecule is CCNC(=NCc1ncnn1C)NC1CCCC(CC)C1. The molecule has 1 heterocycles. The van der Waals surface area contributed by atoms with Crippen molar-refractivity contribution in [2.45, 2.75) is 58.5 Å². The summed E-state index contributed by atoms with van der Waals surface area (Å²) in [6, 6.07) is 0.543. The first-order chi connectivity index (χ1) is 10.2. The largest absolute Gasteiger partial charge is 0.357 e. The van der Waals surface area contributed by atoms with Crippen molar-refractivity contribution < 1.29 is 0 Å². The molecular weight excluding hydrogens is 264 g/mol. The molecule has 0 spiro atoms. The van der Waals surface area contributed by atoms with Crippen molar-refractivity contribution in [1.29, 1.82) is 0 Å². The van der Waals surface area contributed by atoms with Gasteiger partial charge in [0.15, 0.2) is 5.96 Å². The first kappa shape index (κ1) is 15.8. The minimum atomic E-state index is 0.543. The number of aryl methyl sites for hydroxylation is 1. The number of hydrogen-bond donors (Lipinski definition) is 2. The molecule has 6 nitrogen and oxygen atoms in total. The Kier molecular flexibility index (Phi) is 6.02. The minimum absolute atomic E-state index is 0.543. The van der Waals surface area contributed by atoms with Crippen molar-refractivity contribution in [1.82, 2.24) is 25.4 Å². The van der Waals surface area contributed by atoms with E-state index in [4.69, 9.17) is 0 Å². The molecule has 0 aromatic carbocycles. The Morgan fingerprint density at radius 2 is 2.29 bits per heavy atom. The zero-order valence-electron chi connectivity index (χ0n) is 13.5. The summed E-state index contributed by atoms with van der Waals surface area (Å²) in [7, 11) is 1.89. The van der Waals surface area contributed by atoms with Crippen LogP contribution in [0.25, 0.3) is 0 Å². The molecule has 2 rings (SSSR count). The molecule has 1 aliphatic carbocycles. The van der Waals surface area contributed by atoms with E-state index in [-0.39, 0.29) is 0 Å². The molecule has 1 aromatic rings. The third-order valence-electron chi connectivity index (χ3n) is 4.23. The average Bonchev–Trinajstić information content (AvgIpc) is 2.90. The van der Waals surface area contributed by atoms with Crippen LogP contribution in [0.3, 0.4) is 0 Å². The Balaban J connectivity index is 1.93. The summed E-state index contributed by atoms with van der Waals surface area (Å²) in [6.07, 6.45) is 8.04. The van der Waals surface area contributed by atoms with E-state index in [0.717, 1.165) is 24.2 Å². The summed E-state index contributed by atoms with van der Waals surface area (Å²) in [5.41, 5.74) is 0. The van der Waals surface area contributed by atoms with Gasteiger partial charge in [-0.05, 0) is 25.7 Å². The average molecular weight is 292 g/mol. The molecule has 2 unspecified atom stereocenters. The van der Waals surface area contributed by atoms with Gasteiger partial charge in [-0.2, -0.15) is 5.10 Å². The van der Waals surface area contributed by atoms with E-state index < -0.39 is 0 Å². The second-order valence-electron chi connectivity index (χ2n) is 5.78. The lowest BCUT2D eigenvalue weighted by Crippen LogP contribution is -2.45. The quantitative estimate of drug-likeness (QED) is 0.642. The fourth-order valence-corrected chi connectivity index (χ4v) is 2.92. The summed E-state index contributed by atoms with van der Waals surface area (Å²) in [4.78, 5) is 8.84. The minimum Gasteiger partial charge on any atom is -0.357 e. The predicted octanol–water partition coefficient (Wildman–Crippen LogP) is 1.84. The van der Waals surface area contributed by atoms with Crippen molar-refractivity contribution in [2.75, 3.05) is 6.54 Å². The van der Waals surface area contributed by atoms with Crippen LogP contribution in [0.5, 0.6) is 0 Å². The highest BCUT2D eigenvalue weighted by Crippen LogP contribution is 2.26. The fraction of sp³-hybridized carbons (Fsp3) is 0.800. The molecule has 1 saturated carbocycles. The number of guanidine groups is 1. The number of aliphatic imine (C=N–C) groups is 1. The molecule has 2 N–H and O–H groups in total. The molecule has 1 fully saturated rings. The highest BCUT2D eigenvalue weighted by molar-refractivity contribution is 5.80. The van der Waals surface area contributed by atoms with Crippen LogP contribution in [0, 0.1) is 5.92 Å². The normalized spacial score (nSPS) is 23.1. The Labute approximate surface area is 127 Å². The van der Waals surface area contributed by atoms with Crippen molar-refractivity contribution in [2.24, 2.45) is 18.0 Å². The molecule has 0 saturated heterocycles. The van der Waals surface area contributed by atoms with Gasteiger partial charge in [-0.15, -0.1) is 0 Å². The van der Waals surface area contributed by atoms with Crippen LogP contribution in [0.4, 0.5) is 0 Å². The van der Waals surface area contributed by atoms with E-state index in [1.807, 2.05) is 7.05 Å². The second kappa shape index (κ2) is 8.00. The Hall–Kier alpha value is -1.59. The van der Waals surface area contributed by atoms with E-state index in [9.17, 15) is 0 Å². The van der Waals surface area contributed by atoms with Crippen LogP contribution >= 0.6 is 0 Å². The lowest BCUT2D eigenvalue weighted by atomic mass is 9.84. The summed E-state index contributed by atoms with van der Waals surface area (Å²) < 4.78 is 1.76. The maximum absolute atomic E-state index is 4.63. The highest BCUT2D eigenvalue weighted by Gasteiger charge is 2.21. The molecule has 21 heavy (non-hydrogen) atoms. The van der Waals surface area contributed by atoms with Crippen LogP contribution in [0.15, 0.2) is 11.3 Å². The van der Waals surface area contributed by atoms with Gasteiger partial charge >= 0.3 is 0 Å². The Morgan fingerprint density at radius 1 is 1.43 bits per heavy atom. The standard InChI is InChI=1S/C15H28N6/c1-4-12-7-6-8-13(9-12)20-15(16-5-2)17-10-14-18-11-19-21(14)3/h11-13H,4-10H2,1-3H3,(H2,16,17,20). The molecule has 0 amide bonds. The zero-order valence-corrected chi connectivity index (χ0v) is 13.5. The topological polar surface area (TPSA) is 67.1 Å². The molecule has 1 aromatic heterocycles. The lowest BCUT2D eigenvalue weighted by Gasteiger charge is -2.30. The Morgan fingerprint density at radius 3 is 2.95 bits per heavy atom. The molecule has 0 radical (unpaired) electrons.